The van der Waals surface area contributed by atoms with E-state index in [0.29, 0.717) is 17.1 Å². The summed E-state index contributed by atoms with van der Waals surface area (Å²) in [6.07, 6.45) is 4.52. The highest BCUT2D eigenvalue weighted by atomic mass is 15.2. The molecule has 1 saturated heterocycles. The lowest BCUT2D eigenvalue weighted by Gasteiger charge is -2.36. The maximum atomic E-state index is 9.13. The lowest BCUT2D eigenvalue weighted by Crippen LogP contribution is -2.46. The van der Waals surface area contributed by atoms with E-state index in [-0.39, 0.29) is 6.04 Å². The van der Waals surface area contributed by atoms with E-state index in [1.807, 2.05) is 12.1 Å². The van der Waals surface area contributed by atoms with Gasteiger partial charge in [-0.2, -0.15) is 5.26 Å². The molecule has 0 saturated carbocycles. The van der Waals surface area contributed by atoms with E-state index in [1.54, 1.807) is 12.4 Å². The van der Waals surface area contributed by atoms with E-state index in [4.69, 9.17) is 11.0 Å². The number of rotatable bonds is 1. The van der Waals surface area contributed by atoms with E-state index in [1.165, 1.54) is 0 Å². The molecule has 5 nitrogen and oxygen atoms in total. The van der Waals surface area contributed by atoms with Gasteiger partial charge in [-0.1, -0.05) is 6.92 Å². The van der Waals surface area contributed by atoms with Crippen molar-refractivity contribution in [2.24, 2.45) is 11.7 Å². The smallest absolute Gasteiger partial charge is 0.166 e. The van der Waals surface area contributed by atoms with E-state index in [9.17, 15) is 0 Å². The molecule has 0 bridgehead atoms. The molecule has 0 aromatic carbocycles. The van der Waals surface area contributed by atoms with E-state index in [0.717, 1.165) is 30.6 Å². The molecular formula is C15H17N5. The quantitative estimate of drug-likeness (QED) is 0.850. The van der Waals surface area contributed by atoms with Gasteiger partial charge in [0.2, 0.25) is 0 Å². The van der Waals surface area contributed by atoms with Crippen LogP contribution in [0.2, 0.25) is 0 Å². The number of fused-ring (bicyclic) bond motifs is 1. The third-order valence-corrected chi connectivity index (χ3v) is 3.76. The number of nitrogens with zero attached hydrogens (tertiary/aromatic N) is 4. The molecule has 0 aliphatic carbocycles. The third-order valence-electron chi connectivity index (χ3n) is 3.76. The zero-order valence-electron chi connectivity index (χ0n) is 11.5. The van der Waals surface area contributed by atoms with E-state index >= 15 is 0 Å². The fraction of sp³-hybridized carbons (Fsp3) is 0.400. The predicted molar refractivity (Wildman–Crippen MR) is 78.2 cm³/mol. The van der Waals surface area contributed by atoms with Gasteiger partial charge < -0.3 is 10.6 Å². The summed E-state index contributed by atoms with van der Waals surface area (Å²) in [6.45, 7) is 4.00. The molecule has 3 heterocycles. The molecule has 5 heteroatoms. The zero-order valence-corrected chi connectivity index (χ0v) is 11.5. The maximum Gasteiger partial charge on any atom is 0.166 e. The number of pyridine rings is 2. The molecule has 2 aromatic heterocycles. The van der Waals surface area contributed by atoms with Crippen molar-refractivity contribution in [3.05, 3.63) is 30.2 Å². The average Bonchev–Trinajstić information content (AvgIpc) is 2.45. The lowest BCUT2D eigenvalue weighted by atomic mass is 9.96. The van der Waals surface area contributed by atoms with Crippen LogP contribution in [0.1, 0.15) is 19.0 Å². The van der Waals surface area contributed by atoms with Crippen LogP contribution in [0.4, 0.5) is 5.69 Å². The average molecular weight is 267 g/mol. The standard InChI is InChI=1S/C15H17N5/c1-10-5-11(17)9-20(8-10)14-7-19-13(6-16)15-12(14)3-2-4-18-15/h2-4,7,10-11H,5,8-9,17H2,1H3/t10-,11+/m1/s1. The van der Waals surface area contributed by atoms with Gasteiger partial charge in [-0.3, -0.25) is 4.98 Å². The van der Waals surface area contributed by atoms with Gasteiger partial charge in [0.1, 0.15) is 11.6 Å². The fourth-order valence-corrected chi connectivity index (χ4v) is 2.99. The molecule has 0 spiro atoms. The van der Waals surface area contributed by atoms with Crippen LogP contribution in [0.15, 0.2) is 24.5 Å². The molecule has 1 fully saturated rings. The Bertz CT molecular complexity index is 666. The minimum absolute atomic E-state index is 0.182. The van der Waals surface area contributed by atoms with Crippen LogP contribution in [0.5, 0.6) is 0 Å². The summed E-state index contributed by atoms with van der Waals surface area (Å²) >= 11 is 0. The number of hydrogen-bond donors (Lipinski definition) is 1. The van der Waals surface area contributed by atoms with Crippen molar-refractivity contribution in [2.75, 3.05) is 18.0 Å². The number of nitriles is 1. The Kier molecular flexibility index (Phi) is 3.25. The number of aromatic nitrogens is 2. The Morgan fingerprint density at radius 2 is 2.25 bits per heavy atom. The van der Waals surface area contributed by atoms with Crippen LogP contribution >= 0.6 is 0 Å². The van der Waals surface area contributed by atoms with Gasteiger partial charge in [0, 0.05) is 30.7 Å². The second kappa shape index (κ2) is 5.06. The van der Waals surface area contributed by atoms with Gasteiger partial charge >= 0.3 is 0 Å². The van der Waals surface area contributed by atoms with Crippen molar-refractivity contribution < 1.29 is 0 Å². The Morgan fingerprint density at radius 3 is 3.00 bits per heavy atom. The predicted octanol–water partition coefficient (Wildman–Crippen LogP) is 1.67. The van der Waals surface area contributed by atoms with Crippen LogP contribution in [0.25, 0.3) is 10.9 Å². The fourth-order valence-electron chi connectivity index (χ4n) is 2.99. The van der Waals surface area contributed by atoms with Crippen LogP contribution in [-0.2, 0) is 0 Å². The maximum absolute atomic E-state index is 9.13. The zero-order chi connectivity index (χ0) is 14.1. The summed E-state index contributed by atoms with van der Waals surface area (Å²) in [5.41, 5.74) is 8.19. The van der Waals surface area contributed by atoms with E-state index < -0.39 is 0 Å². The SMILES string of the molecule is C[C@@H]1C[C@H](N)CN(c2cnc(C#N)c3ncccc23)C1. The van der Waals surface area contributed by atoms with Crippen LogP contribution in [-0.4, -0.2) is 29.1 Å². The van der Waals surface area contributed by atoms with Gasteiger partial charge in [-0.25, -0.2) is 4.98 Å². The van der Waals surface area contributed by atoms with Gasteiger partial charge in [0.25, 0.3) is 0 Å². The summed E-state index contributed by atoms with van der Waals surface area (Å²) in [7, 11) is 0. The van der Waals surface area contributed by atoms with Crippen LogP contribution < -0.4 is 10.6 Å². The minimum Gasteiger partial charge on any atom is -0.368 e. The number of piperidine rings is 1. The second-order valence-corrected chi connectivity index (χ2v) is 5.51. The summed E-state index contributed by atoms with van der Waals surface area (Å²) in [6, 6.07) is 6.16. The Balaban J connectivity index is 2.11. The molecule has 0 radical (unpaired) electrons. The Hall–Kier alpha value is -2.19. The summed E-state index contributed by atoms with van der Waals surface area (Å²) in [5, 5.41) is 10.1. The Morgan fingerprint density at radius 1 is 1.40 bits per heavy atom. The van der Waals surface area contributed by atoms with Crippen LogP contribution in [0.3, 0.4) is 0 Å². The van der Waals surface area contributed by atoms with E-state index in [2.05, 4.69) is 27.9 Å². The highest BCUT2D eigenvalue weighted by molar-refractivity contribution is 5.93. The molecule has 102 valence electrons. The molecular weight excluding hydrogens is 250 g/mol. The minimum atomic E-state index is 0.182. The Labute approximate surface area is 118 Å². The summed E-state index contributed by atoms with van der Waals surface area (Å²) in [5.74, 6) is 0.557. The lowest BCUT2D eigenvalue weighted by molar-refractivity contribution is 0.402. The second-order valence-electron chi connectivity index (χ2n) is 5.51. The van der Waals surface area contributed by atoms with Crippen molar-refractivity contribution >= 4 is 16.6 Å². The van der Waals surface area contributed by atoms with Crippen molar-refractivity contribution in [1.82, 2.24) is 9.97 Å². The molecule has 2 N–H and O–H groups in total. The highest BCUT2D eigenvalue weighted by Gasteiger charge is 2.24. The van der Waals surface area contributed by atoms with Crippen LogP contribution in [0, 0.1) is 17.2 Å². The topological polar surface area (TPSA) is 78.8 Å². The molecule has 0 amide bonds. The first-order valence-corrected chi connectivity index (χ1v) is 6.83. The van der Waals surface area contributed by atoms with Gasteiger partial charge in [-0.15, -0.1) is 0 Å². The summed E-state index contributed by atoms with van der Waals surface area (Å²) < 4.78 is 0. The normalized spacial score (nSPS) is 22.8. The molecule has 1 aliphatic heterocycles. The largest absolute Gasteiger partial charge is 0.368 e. The van der Waals surface area contributed by atoms with Crippen molar-refractivity contribution in [2.45, 2.75) is 19.4 Å². The molecule has 3 rings (SSSR count). The molecule has 2 aromatic rings. The molecule has 0 unspecified atom stereocenters. The molecule has 20 heavy (non-hydrogen) atoms. The van der Waals surface area contributed by atoms with Crippen molar-refractivity contribution in [3.63, 3.8) is 0 Å². The summed E-state index contributed by atoms with van der Waals surface area (Å²) in [4.78, 5) is 10.8. The number of hydrogen-bond acceptors (Lipinski definition) is 5. The third kappa shape index (κ3) is 2.19. The van der Waals surface area contributed by atoms with Crippen molar-refractivity contribution in [1.29, 1.82) is 5.26 Å². The molecule has 1 aliphatic rings. The highest BCUT2D eigenvalue weighted by Crippen LogP contribution is 2.29. The van der Waals surface area contributed by atoms with Gasteiger partial charge in [0.15, 0.2) is 5.69 Å². The first-order valence-electron chi connectivity index (χ1n) is 6.83. The first kappa shape index (κ1) is 12.8. The molecule has 2 atom stereocenters. The van der Waals surface area contributed by atoms with Crippen molar-refractivity contribution in [3.8, 4) is 6.07 Å². The van der Waals surface area contributed by atoms with Gasteiger partial charge in [0.05, 0.1) is 11.9 Å². The monoisotopic (exact) mass is 267 g/mol. The number of anilines is 1. The van der Waals surface area contributed by atoms with Gasteiger partial charge in [-0.05, 0) is 24.5 Å². The number of nitrogens with two attached hydrogens (primary N) is 1. The first-order chi connectivity index (χ1) is 9.69.